The number of amides is 2. The third kappa shape index (κ3) is 4.59. The third-order valence-electron chi connectivity index (χ3n) is 4.98. The maximum absolute atomic E-state index is 12.9. The molecule has 0 atom stereocenters. The number of ether oxygens (including phenoxy) is 1. The summed E-state index contributed by atoms with van der Waals surface area (Å²) in [5.41, 5.74) is 0.214. The van der Waals surface area contributed by atoms with Gasteiger partial charge in [-0.3, -0.25) is 4.79 Å². The van der Waals surface area contributed by atoms with Crippen molar-refractivity contribution in [1.29, 1.82) is 0 Å². The number of hydrogen-bond donors (Lipinski definition) is 0. The van der Waals surface area contributed by atoms with Gasteiger partial charge in [0, 0.05) is 31.7 Å². The Bertz CT molecular complexity index is 833. The summed E-state index contributed by atoms with van der Waals surface area (Å²) in [5.74, 6) is 0.0547. The van der Waals surface area contributed by atoms with Gasteiger partial charge in [0.25, 0.3) is 5.91 Å². The molecule has 1 aliphatic heterocycles. The van der Waals surface area contributed by atoms with Crippen LogP contribution in [0.25, 0.3) is 10.8 Å². The lowest BCUT2D eigenvalue weighted by atomic mass is 10.0. The summed E-state index contributed by atoms with van der Waals surface area (Å²) < 4.78 is 5.44. The monoisotopic (exact) mass is 368 g/mol. The SMILES string of the molecule is CN(C(=O)OC(C)(C)C)C1CCN(C(=O)c2ccc3ccccc3c2)CC1. The molecule has 144 valence electrons. The number of carbonyl (C=O) groups is 2. The maximum atomic E-state index is 12.9. The molecule has 3 rings (SSSR count). The Morgan fingerprint density at radius 1 is 1.04 bits per heavy atom. The highest BCUT2D eigenvalue weighted by Crippen LogP contribution is 2.21. The molecule has 0 spiro atoms. The molecule has 0 unspecified atom stereocenters. The van der Waals surface area contributed by atoms with Gasteiger partial charge < -0.3 is 14.5 Å². The lowest BCUT2D eigenvalue weighted by Gasteiger charge is -2.37. The highest BCUT2D eigenvalue weighted by Gasteiger charge is 2.30. The molecule has 0 radical (unpaired) electrons. The van der Waals surface area contributed by atoms with E-state index in [1.807, 2.05) is 68.1 Å². The van der Waals surface area contributed by atoms with E-state index in [1.54, 1.807) is 11.9 Å². The van der Waals surface area contributed by atoms with Crippen molar-refractivity contribution in [2.45, 2.75) is 45.3 Å². The molecule has 0 aromatic heterocycles. The molecule has 5 heteroatoms. The molecule has 2 amide bonds. The molecule has 1 aliphatic rings. The molecule has 0 aliphatic carbocycles. The second kappa shape index (κ2) is 7.59. The Labute approximate surface area is 160 Å². The molecule has 1 heterocycles. The van der Waals surface area contributed by atoms with Crippen LogP contribution in [-0.4, -0.2) is 53.6 Å². The zero-order chi connectivity index (χ0) is 19.6. The van der Waals surface area contributed by atoms with Gasteiger partial charge in [0.15, 0.2) is 0 Å². The Hall–Kier alpha value is -2.56. The lowest BCUT2D eigenvalue weighted by Crippen LogP contribution is -2.48. The van der Waals surface area contributed by atoms with Gasteiger partial charge in [-0.05, 0) is 56.5 Å². The van der Waals surface area contributed by atoms with E-state index >= 15 is 0 Å². The summed E-state index contributed by atoms with van der Waals surface area (Å²) in [6.45, 7) is 6.88. The minimum absolute atomic E-state index is 0.0547. The number of fused-ring (bicyclic) bond motifs is 1. The van der Waals surface area contributed by atoms with E-state index in [2.05, 4.69) is 0 Å². The summed E-state index contributed by atoms with van der Waals surface area (Å²) in [4.78, 5) is 28.7. The van der Waals surface area contributed by atoms with E-state index in [-0.39, 0.29) is 18.0 Å². The highest BCUT2D eigenvalue weighted by atomic mass is 16.6. The number of piperidine rings is 1. The van der Waals surface area contributed by atoms with E-state index in [1.165, 1.54) is 0 Å². The third-order valence-corrected chi connectivity index (χ3v) is 4.98. The van der Waals surface area contributed by atoms with Gasteiger partial charge in [0.2, 0.25) is 0 Å². The van der Waals surface area contributed by atoms with Gasteiger partial charge in [-0.15, -0.1) is 0 Å². The molecule has 0 bridgehead atoms. The van der Waals surface area contributed by atoms with Gasteiger partial charge in [-0.2, -0.15) is 0 Å². The highest BCUT2D eigenvalue weighted by molar-refractivity contribution is 5.98. The molecule has 5 nitrogen and oxygen atoms in total. The van der Waals surface area contributed by atoms with Crippen LogP contribution in [0.3, 0.4) is 0 Å². The van der Waals surface area contributed by atoms with E-state index in [0.717, 1.165) is 23.6 Å². The minimum Gasteiger partial charge on any atom is -0.444 e. The van der Waals surface area contributed by atoms with Crippen molar-refractivity contribution in [2.24, 2.45) is 0 Å². The second-order valence-electron chi connectivity index (χ2n) is 8.18. The summed E-state index contributed by atoms with van der Waals surface area (Å²) in [5, 5.41) is 2.20. The van der Waals surface area contributed by atoms with Crippen molar-refractivity contribution in [2.75, 3.05) is 20.1 Å². The number of hydrogen-bond acceptors (Lipinski definition) is 3. The van der Waals surface area contributed by atoms with Crippen LogP contribution < -0.4 is 0 Å². The molecule has 2 aromatic rings. The predicted octanol–water partition coefficient (Wildman–Crippen LogP) is 4.31. The molecule has 1 saturated heterocycles. The molecular weight excluding hydrogens is 340 g/mol. The van der Waals surface area contributed by atoms with E-state index in [9.17, 15) is 9.59 Å². The maximum Gasteiger partial charge on any atom is 0.410 e. The van der Waals surface area contributed by atoms with Crippen LogP contribution in [0.15, 0.2) is 42.5 Å². The average Bonchev–Trinajstić information content (AvgIpc) is 2.65. The van der Waals surface area contributed by atoms with Crippen LogP contribution in [0.2, 0.25) is 0 Å². The first-order valence-corrected chi connectivity index (χ1v) is 9.48. The van der Waals surface area contributed by atoms with Crippen LogP contribution in [0.1, 0.15) is 44.0 Å². The van der Waals surface area contributed by atoms with E-state index < -0.39 is 5.60 Å². The number of nitrogens with zero attached hydrogens (tertiary/aromatic N) is 2. The number of rotatable bonds is 2. The summed E-state index contributed by atoms with van der Waals surface area (Å²) in [7, 11) is 1.78. The van der Waals surface area contributed by atoms with Gasteiger partial charge in [-0.25, -0.2) is 4.79 Å². The Kier molecular flexibility index (Phi) is 5.40. The van der Waals surface area contributed by atoms with Crippen molar-refractivity contribution >= 4 is 22.8 Å². The van der Waals surface area contributed by atoms with Crippen molar-refractivity contribution < 1.29 is 14.3 Å². The zero-order valence-corrected chi connectivity index (χ0v) is 16.6. The Morgan fingerprint density at radius 3 is 2.30 bits per heavy atom. The minimum atomic E-state index is -0.502. The molecule has 1 fully saturated rings. The normalized spacial score (nSPS) is 15.6. The smallest absolute Gasteiger partial charge is 0.410 e. The number of carbonyl (C=O) groups excluding carboxylic acids is 2. The lowest BCUT2D eigenvalue weighted by molar-refractivity contribution is 0.0156. The topological polar surface area (TPSA) is 49.9 Å². The van der Waals surface area contributed by atoms with Crippen LogP contribution in [0.5, 0.6) is 0 Å². The molecular formula is C22H28N2O3. The van der Waals surface area contributed by atoms with E-state index in [4.69, 9.17) is 4.74 Å². The van der Waals surface area contributed by atoms with Crippen molar-refractivity contribution in [3.63, 3.8) is 0 Å². The van der Waals surface area contributed by atoms with Gasteiger partial charge >= 0.3 is 6.09 Å². The second-order valence-corrected chi connectivity index (χ2v) is 8.18. The summed E-state index contributed by atoms with van der Waals surface area (Å²) >= 11 is 0. The fraction of sp³-hybridized carbons (Fsp3) is 0.455. The Balaban J connectivity index is 1.61. The molecule has 27 heavy (non-hydrogen) atoms. The fourth-order valence-electron chi connectivity index (χ4n) is 3.44. The largest absolute Gasteiger partial charge is 0.444 e. The van der Waals surface area contributed by atoms with Crippen LogP contribution in [-0.2, 0) is 4.74 Å². The summed E-state index contributed by atoms with van der Waals surface area (Å²) in [6.07, 6.45) is 1.21. The van der Waals surface area contributed by atoms with Gasteiger partial charge in [0.1, 0.15) is 5.60 Å². The first-order chi connectivity index (χ1) is 12.7. The fourth-order valence-corrected chi connectivity index (χ4v) is 3.44. The van der Waals surface area contributed by atoms with Crippen LogP contribution >= 0.6 is 0 Å². The quantitative estimate of drug-likeness (QED) is 0.794. The molecule has 0 saturated carbocycles. The van der Waals surface area contributed by atoms with Gasteiger partial charge in [-0.1, -0.05) is 30.3 Å². The van der Waals surface area contributed by atoms with E-state index in [0.29, 0.717) is 18.7 Å². The van der Waals surface area contributed by atoms with Crippen molar-refractivity contribution in [3.8, 4) is 0 Å². The first kappa shape index (κ1) is 19.2. The van der Waals surface area contributed by atoms with Gasteiger partial charge in [0.05, 0.1) is 0 Å². The average molecular weight is 368 g/mol. The van der Waals surface area contributed by atoms with Crippen LogP contribution in [0, 0.1) is 0 Å². The predicted molar refractivity (Wildman–Crippen MR) is 107 cm³/mol. The molecule has 2 aromatic carbocycles. The molecule has 0 N–H and O–H groups in total. The summed E-state index contributed by atoms with van der Waals surface area (Å²) in [6, 6.07) is 14.0. The first-order valence-electron chi connectivity index (χ1n) is 9.48. The Morgan fingerprint density at radius 2 is 1.67 bits per heavy atom. The van der Waals surface area contributed by atoms with Crippen molar-refractivity contribution in [3.05, 3.63) is 48.0 Å². The number of benzene rings is 2. The zero-order valence-electron chi connectivity index (χ0n) is 16.6. The van der Waals surface area contributed by atoms with Crippen molar-refractivity contribution in [1.82, 2.24) is 9.80 Å². The number of likely N-dealkylation sites (tertiary alicyclic amines) is 1. The van der Waals surface area contributed by atoms with Crippen LogP contribution in [0.4, 0.5) is 4.79 Å². The standard InChI is InChI=1S/C22H28N2O3/c1-22(2,3)27-21(26)23(4)19-11-13-24(14-12-19)20(25)18-10-9-16-7-5-6-8-17(16)15-18/h5-10,15,19H,11-14H2,1-4H3.